The third kappa shape index (κ3) is 3.41. The number of carbonyl (C=O) groups excluding carboxylic acids is 1. The molecule has 110 valence electrons. The standard InChI is InChI=1S/C17H21N3O/c1-17(18,13-7-5-4-6-8-13)16(21)19-14-9-11-15(12-10-14)20(2)3/h4-12H,18H2,1-3H3,(H,19,21). The van der Waals surface area contributed by atoms with Crippen molar-refractivity contribution in [3.05, 3.63) is 60.2 Å². The molecule has 0 bridgehead atoms. The highest BCUT2D eigenvalue weighted by atomic mass is 16.2. The van der Waals surface area contributed by atoms with Crippen molar-refractivity contribution in [1.82, 2.24) is 0 Å². The van der Waals surface area contributed by atoms with Gasteiger partial charge < -0.3 is 16.0 Å². The summed E-state index contributed by atoms with van der Waals surface area (Å²) < 4.78 is 0. The second-order valence-electron chi connectivity index (χ2n) is 5.46. The molecule has 0 fully saturated rings. The van der Waals surface area contributed by atoms with Crippen LogP contribution in [0, 0.1) is 0 Å². The fourth-order valence-electron chi connectivity index (χ4n) is 2.02. The topological polar surface area (TPSA) is 58.4 Å². The van der Waals surface area contributed by atoms with E-state index in [-0.39, 0.29) is 5.91 Å². The lowest BCUT2D eigenvalue weighted by atomic mass is 9.92. The average Bonchev–Trinajstić information content (AvgIpc) is 2.48. The van der Waals surface area contributed by atoms with Crippen molar-refractivity contribution < 1.29 is 4.79 Å². The van der Waals surface area contributed by atoms with E-state index in [1.807, 2.05) is 73.6 Å². The maximum atomic E-state index is 12.4. The third-order valence-electron chi connectivity index (χ3n) is 3.49. The fourth-order valence-corrected chi connectivity index (χ4v) is 2.02. The van der Waals surface area contributed by atoms with Crippen LogP contribution in [0.15, 0.2) is 54.6 Å². The molecule has 0 aliphatic carbocycles. The Kier molecular flexibility index (Phi) is 4.29. The molecule has 0 saturated carbocycles. The number of carbonyl (C=O) groups is 1. The van der Waals surface area contributed by atoms with Crippen molar-refractivity contribution in [3.8, 4) is 0 Å². The van der Waals surface area contributed by atoms with E-state index in [0.29, 0.717) is 0 Å². The van der Waals surface area contributed by atoms with Crippen LogP contribution in [0.2, 0.25) is 0 Å². The van der Waals surface area contributed by atoms with Crippen molar-refractivity contribution in [2.45, 2.75) is 12.5 Å². The summed E-state index contributed by atoms with van der Waals surface area (Å²) in [6.45, 7) is 1.71. The van der Waals surface area contributed by atoms with Crippen LogP contribution >= 0.6 is 0 Å². The molecule has 1 unspecified atom stereocenters. The van der Waals surface area contributed by atoms with Crippen molar-refractivity contribution in [2.24, 2.45) is 5.73 Å². The largest absolute Gasteiger partial charge is 0.378 e. The smallest absolute Gasteiger partial charge is 0.248 e. The molecular formula is C17H21N3O. The molecule has 21 heavy (non-hydrogen) atoms. The molecule has 0 aliphatic heterocycles. The van der Waals surface area contributed by atoms with E-state index in [1.54, 1.807) is 6.92 Å². The summed E-state index contributed by atoms with van der Waals surface area (Å²) in [5, 5.41) is 2.86. The van der Waals surface area contributed by atoms with Gasteiger partial charge in [-0.2, -0.15) is 0 Å². The van der Waals surface area contributed by atoms with E-state index in [1.165, 1.54) is 0 Å². The van der Waals surface area contributed by atoms with Gasteiger partial charge in [0.05, 0.1) is 0 Å². The van der Waals surface area contributed by atoms with Gasteiger partial charge in [-0.1, -0.05) is 30.3 Å². The van der Waals surface area contributed by atoms with E-state index < -0.39 is 5.54 Å². The van der Waals surface area contributed by atoms with Gasteiger partial charge in [0, 0.05) is 25.5 Å². The average molecular weight is 283 g/mol. The molecule has 0 heterocycles. The first kappa shape index (κ1) is 15.1. The number of rotatable bonds is 4. The molecular weight excluding hydrogens is 262 g/mol. The van der Waals surface area contributed by atoms with E-state index in [2.05, 4.69) is 5.32 Å². The predicted octanol–water partition coefficient (Wildman–Crippen LogP) is 2.57. The Morgan fingerprint density at radius 1 is 1.05 bits per heavy atom. The molecule has 2 rings (SSSR count). The van der Waals surface area contributed by atoms with Crippen molar-refractivity contribution in [2.75, 3.05) is 24.3 Å². The minimum atomic E-state index is -1.07. The molecule has 0 spiro atoms. The van der Waals surface area contributed by atoms with E-state index in [9.17, 15) is 4.79 Å². The Bertz CT molecular complexity index is 604. The highest BCUT2D eigenvalue weighted by molar-refractivity contribution is 5.98. The molecule has 3 N–H and O–H groups in total. The summed E-state index contributed by atoms with van der Waals surface area (Å²) in [6.07, 6.45) is 0. The number of amides is 1. The first-order valence-electron chi connectivity index (χ1n) is 6.84. The molecule has 4 heteroatoms. The number of nitrogens with one attached hydrogen (secondary N) is 1. The highest BCUT2D eigenvalue weighted by Gasteiger charge is 2.30. The number of hydrogen-bond acceptors (Lipinski definition) is 3. The fraction of sp³-hybridized carbons (Fsp3) is 0.235. The SMILES string of the molecule is CN(C)c1ccc(NC(=O)C(C)(N)c2ccccc2)cc1. The number of hydrogen-bond donors (Lipinski definition) is 2. The van der Waals surface area contributed by atoms with Crippen molar-refractivity contribution >= 4 is 17.3 Å². The van der Waals surface area contributed by atoms with Gasteiger partial charge in [0.1, 0.15) is 5.54 Å². The molecule has 0 saturated heterocycles. The number of benzene rings is 2. The maximum absolute atomic E-state index is 12.4. The van der Waals surface area contributed by atoms with E-state index in [0.717, 1.165) is 16.9 Å². The number of nitrogens with two attached hydrogens (primary N) is 1. The van der Waals surface area contributed by atoms with Crippen LogP contribution in [0.25, 0.3) is 0 Å². The van der Waals surface area contributed by atoms with Crippen LogP contribution in [0.5, 0.6) is 0 Å². The lowest BCUT2D eigenvalue weighted by molar-refractivity contribution is -0.120. The maximum Gasteiger partial charge on any atom is 0.248 e. The zero-order valence-electron chi connectivity index (χ0n) is 12.6. The summed E-state index contributed by atoms with van der Waals surface area (Å²) in [4.78, 5) is 14.4. The summed E-state index contributed by atoms with van der Waals surface area (Å²) in [7, 11) is 3.94. The number of nitrogens with zero attached hydrogens (tertiary/aromatic N) is 1. The Morgan fingerprint density at radius 3 is 2.14 bits per heavy atom. The van der Waals surface area contributed by atoms with Crippen molar-refractivity contribution in [1.29, 1.82) is 0 Å². The Morgan fingerprint density at radius 2 is 1.62 bits per heavy atom. The van der Waals surface area contributed by atoms with Crippen LogP contribution in [0.3, 0.4) is 0 Å². The molecule has 4 nitrogen and oxygen atoms in total. The number of anilines is 2. The predicted molar refractivity (Wildman–Crippen MR) is 87.4 cm³/mol. The zero-order chi connectivity index (χ0) is 15.5. The molecule has 2 aromatic carbocycles. The van der Waals surface area contributed by atoms with Crippen LogP contribution in [0.4, 0.5) is 11.4 Å². The monoisotopic (exact) mass is 283 g/mol. The van der Waals surface area contributed by atoms with Crippen LogP contribution in [-0.2, 0) is 10.3 Å². The minimum absolute atomic E-state index is 0.230. The van der Waals surface area contributed by atoms with Gasteiger partial charge in [-0.25, -0.2) is 0 Å². The quantitative estimate of drug-likeness (QED) is 0.906. The van der Waals surface area contributed by atoms with E-state index in [4.69, 9.17) is 5.73 Å². The van der Waals surface area contributed by atoms with Gasteiger partial charge in [-0.15, -0.1) is 0 Å². The van der Waals surface area contributed by atoms with Crippen LogP contribution in [-0.4, -0.2) is 20.0 Å². The van der Waals surface area contributed by atoms with Gasteiger partial charge in [-0.3, -0.25) is 4.79 Å². The van der Waals surface area contributed by atoms with Crippen LogP contribution in [0.1, 0.15) is 12.5 Å². The summed E-state index contributed by atoms with van der Waals surface area (Å²) in [5.74, 6) is -0.230. The van der Waals surface area contributed by atoms with Crippen molar-refractivity contribution in [3.63, 3.8) is 0 Å². The molecule has 0 radical (unpaired) electrons. The van der Waals surface area contributed by atoms with Gasteiger partial charge in [-0.05, 0) is 36.8 Å². The molecule has 2 aromatic rings. The first-order chi connectivity index (χ1) is 9.91. The molecule has 0 aromatic heterocycles. The lowest BCUT2D eigenvalue weighted by Gasteiger charge is -2.24. The molecule has 1 atom stereocenters. The van der Waals surface area contributed by atoms with Crippen LogP contribution < -0.4 is 16.0 Å². The van der Waals surface area contributed by atoms with E-state index >= 15 is 0 Å². The zero-order valence-corrected chi connectivity index (χ0v) is 12.6. The lowest BCUT2D eigenvalue weighted by Crippen LogP contribution is -2.45. The Hall–Kier alpha value is -2.33. The molecule has 0 aliphatic rings. The minimum Gasteiger partial charge on any atom is -0.378 e. The summed E-state index contributed by atoms with van der Waals surface area (Å²) in [6, 6.07) is 17.0. The Labute approximate surface area is 125 Å². The second-order valence-corrected chi connectivity index (χ2v) is 5.46. The third-order valence-corrected chi connectivity index (χ3v) is 3.49. The first-order valence-corrected chi connectivity index (χ1v) is 6.84. The van der Waals surface area contributed by atoms with Gasteiger partial charge >= 0.3 is 0 Å². The second kappa shape index (κ2) is 5.97. The van der Waals surface area contributed by atoms with Gasteiger partial charge in [0.15, 0.2) is 0 Å². The molecule has 1 amide bonds. The summed E-state index contributed by atoms with van der Waals surface area (Å²) >= 11 is 0. The summed E-state index contributed by atoms with van der Waals surface area (Å²) in [5.41, 5.74) is 7.71. The highest BCUT2D eigenvalue weighted by Crippen LogP contribution is 2.21. The van der Waals surface area contributed by atoms with Gasteiger partial charge in [0.2, 0.25) is 5.91 Å². The Balaban J connectivity index is 2.14. The normalized spacial score (nSPS) is 13.3. The van der Waals surface area contributed by atoms with Gasteiger partial charge in [0.25, 0.3) is 0 Å².